The average Bonchev–Trinajstić information content (AvgIpc) is 2.48. The number of cyclic esters (lactones) is 1. The Morgan fingerprint density at radius 1 is 1.73 bits per heavy atom. The predicted octanol–water partition coefficient (Wildman–Crippen LogP) is 0.774. The molecule has 0 unspecified atom stereocenters. The van der Waals surface area contributed by atoms with Crippen molar-refractivity contribution in [2.24, 2.45) is 16.1 Å². The summed E-state index contributed by atoms with van der Waals surface area (Å²) in [4.78, 5) is 11.2. The number of azo groups is 1. The highest BCUT2D eigenvalue weighted by Gasteiger charge is 2.51. The lowest BCUT2D eigenvalue weighted by molar-refractivity contribution is -0.143. The van der Waals surface area contributed by atoms with Crippen LogP contribution in [0.25, 0.3) is 0 Å². The van der Waals surface area contributed by atoms with Crippen LogP contribution >= 0.6 is 0 Å². The zero-order valence-electron chi connectivity index (χ0n) is 6.41. The molecule has 0 bridgehead atoms. The number of nitrogens with zero attached hydrogens (tertiary/aromatic N) is 2. The largest absolute Gasteiger partial charge is 0.464 e. The van der Waals surface area contributed by atoms with Crippen molar-refractivity contribution in [3.63, 3.8) is 0 Å². The molecular weight excluding hydrogens is 144 g/mol. The summed E-state index contributed by atoms with van der Waals surface area (Å²) < 4.78 is 4.87. The van der Waals surface area contributed by atoms with Crippen LogP contribution in [0.1, 0.15) is 13.3 Å². The highest BCUT2D eigenvalue weighted by atomic mass is 16.5. The summed E-state index contributed by atoms with van der Waals surface area (Å²) in [6.07, 6.45) is 0.705. The first-order chi connectivity index (χ1) is 5.26. The number of hydrogen-bond acceptors (Lipinski definition) is 4. The van der Waals surface area contributed by atoms with Crippen LogP contribution < -0.4 is 0 Å². The van der Waals surface area contributed by atoms with E-state index in [2.05, 4.69) is 10.2 Å². The molecule has 2 aliphatic rings. The van der Waals surface area contributed by atoms with Gasteiger partial charge in [0.2, 0.25) is 0 Å². The first kappa shape index (κ1) is 6.76. The quantitative estimate of drug-likeness (QED) is 0.484. The Balaban J connectivity index is 2.33. The van der Waals surface area contributed by atoms with Crippen molar-refractivity contribution in [2.75, 3.05) is 13.2 Å². The van der Waals surface area contributed by atoms with Gasteiger partial charge in [-0.1, -0.05) is 6.92 Å². The molecule has 2 aliphatic heterocycles. The van der Waals surface area contributed by atoms with Gasteiger partial charge >= 0.3 is 5.97 Å². The van der Waals surface area contributed by atoms with E-state index in [-0.39, 0.29) is 11.9 Å². The molecule has 0 N–H and O–H groups in total. The minimum Gasteiger partial charge on any atom is -0.464 e. The Labute approximate surface area is 64.6 Å². The van der Waals surface area contributed by atoms with Gasteiger partial charge in [0.05, 0.1) is 13.2 Å². The maximum atomic E-state index is 11.2. The van der Waals surface area contributed by atoms with Crippen LogP contribution in [0.4, 0.5) is 0 Å². The Morgan fingerprint density at radius 2 is 2.55 bits per heavy atom. The fourth-order valence-corrected chi connectivity index (χ4v) is 1.60. The Bertz CT molecular complexity index is 226. The van der Waals surface area contributed by atoms with Gasteiger partial charge < -0.3 is 4.74 Å². The third-order valence-corrected chi connectivity index (χ3v) is 2.49. The topological polar surface area (TPSA) is 51.0 Å². The summed E-state index contributed by atoms with van der Waals surface area (Å²) in [6, 6.07) is 0. The van der Waals surface area contributed by atoms with Crippen molar-refractivity contribution in [3.05, 3.63) is 0 Å². The van der Waals surface area contributed by atoms with Crippen LogP contribution in [0, 0.1) is 5.92 Å². The van der Waals surface area contributed by atoms with E-state index in [9.17, 15) is 4.79 Å². The summed E-state index contributed by atoms with van der Waals surface area (Å²) in [5.41, 5.74) is -0.597. The molecule has 0 radical (unpaired) electrons. The molecule has 0 aromatic heterocycles. The van der Waals surface area contributed by atoms with Crippen LogP contribution in [-0.4, -0.2) is 24.7 Å². The fourth-order valence-electron chi connectivity index (χ4n) is 1.60. The van der Waals surface area contributed by atoms with Crippen molar-refractivity contribution >= 4 is 5.97 Å². The van der Waals surface area contributed by atoms with Crippen LogP contribution in [0.3, 0.4) is 0 Å². The summed E-state index contributed by atoms with van der Waals surface area (Å²) in [6.45, 7) is 3.16. The maximum Gasteiger partial charge on any atom is 0.336 e. The van der Waals surface area contributed by atoms with Gasteiger partial charge in [-0.05, 0) is 0 Å². The maximum absolute atomic E-state index is 11.2. The molecule has 0 aliphatic carbocycles. The molecule has 2 heterocycles. The molecule has 2 atom stereocenters. The fraction of sp³-hybridized carbons (Fsp3) is 0.857. The van der Waals surface area contributed by atoms with E-state index in [1.54, 1.807) is 0 Å². The van der Waals surface area contributed by atoms with E-state index in [4.69, 9.17) is 4.74 Å². The van der Waals surface area contributed by atoms with E-state index in [0.717, 1.165) is 0 Å². The first-order valence-electron chi connectivity index (χ1n) is 3.81. The molecule has 1 saturated heterocycles. The number of esters is 1. The molecule has 4 heteroatoms. The van der Waals surface area contributed by atoms with Gasteiger partial charge in [-0.25, -0.2) is 4.79 Å². The number of ether oxygens (including phenoxy) is 1. The number of rotatable bonds is 0. The molecule has 4 nitrogen and oxygen atoms in total. The molecule has 0 amide bonds. The Morgan fingerprint density at radius 3 is 3.00 bits per heavy atom. The highest BCUT2D eigenvalue weighted by Crippen LogP contribution is 2.36. The van der Waals surface area contributed by atoms with Gasteiger partial charge in [0.25, 0.3) is 0 Å². The van der Waals surface area contributed by atoms with Gasteiger partial charge in [0, 0.05) is 12.3 Å². The van der Waals surface area contributed by atoms with E-state index in [1.807, 2.05) is 6.92 Å². The lowest BCUT2D eigenvalue weighted by atomic mass is 9.86. The van der Waals surface area contributed by atoms with Crippen LogP contribution in [-0.2, 0) is 9.53 Å². The van der Waals surface area contributed by atoms with Gasteiger partial charge in [0.15, 0.2) is 5.54 Å². The lowest BCUT2D eigenvalue weighted by Gasteiger charge is -2.17. The smallest absolute Gasteiger partial charge is 0.336 e. The van der Waals surface area contributed by atoms with Gasteiger partial charge in [0.1, 0.15) is 0 Å². The zero-order valence-corrected chi connectivity index (χ0v) is 6.41. The normalized spacial score (nSPS) is 41.9. The molecule has 0 aromatic rings. The Hall–Kier alpha value is -0.930. The molecule has 0 aromatic carbocycles. The van der Waals surface area contributed by atoms with Gasteiger partial charge in [-0.2, -0.15) is 10.2 Å². The minimum absolute atomic E-state index is 0.189. The molecule has 1 spiro atoms. The van der Waals surface area contributed by atoms with Crippen LogP contribution in [0.5, 0.6) is 0 Å². The van der Waals surface area contributed by atoms with Crippen molar-refractivity contribution in [3.8, 4) is 0 Å². The van der Waals surface area contributed by atoms with E-state index < -0.39 is 5.54 Å². The standard InChI is InChI=1S/C7H10N2O2/c1-5-4-8-9-7(5)2-3-11-6(7)10/h5H,2-4H2,1H3/t5-,7+/m0/s1. The number of hydrogen-bond donors (Lipinski definition) is 0. The van der Waals surface area contributed by atoms with Gasteiger partial charge in [-0.3, -0.25) is 0 Å². The first-order valence-corrected chi connectivity index (χ1v) is 3.81. The predicted molar refractivity (Wildman–Crippen MR) is 37.2 cm³/mol. The molecule has 60 valence electrons. The van der Waals surface area contributed by atoms with Crippen molar-refractivity contribution < 1.29 is 9.53 Å². The minimum atomic E-state index is -0.597. The second kappa shape index (κ2) is 2.03. The monoisotopic (exact) mass is 154 g/mol. The molecular formula is C7H10N2O2. The van der Waals surface area contributed by atoms with Crippen molar-refractivity contribution in [1.82, 2.24) is 0 Å². The Kier molecular flexibility index (Phi) is 1.25. The third-order valence-electron chi connectivity index (χ3n) is 2.49. The van der Waals surface area contributed by atoms with Crippen LogP contribution in [0.2, 0.25) is 0 Å². The van der Waals surface area contributed by atoms with E-state index in [1.165, 1.54) is 0 Å². The summed E-state index contributed by atoms with van der Waals surface area (Å²) in [5.74, 6) is 0.0312. The highest BCUT2D eigenvalue weighted by molar-refractivity contribution is 5.83. The second-order valence-corrected chi connectivity index (χ2v) is 3.14. The van der Waals surface area contributed by atoms with E-state index >= 15 is 0 Å². The second-order valence-electron chi connectivity index (χ2n) is 3.14. The number of carbonyl (C=O) groups is 1. The van der Waals surface area contributed by atoms with E-state index in [0.29, 0.717) is 19.6 Å². The summed E-state index contributed by atoms with van der Waals surface area (Å²) in [5, 5.41) is 7.85. The SMILES string of the molecule is C[C@H]1CN=N[C@]12CCOC2=O. The summed E-state index contributed by atoms with van der Waals surface area (Å²) in [7, 11) is 0. The van der Waals surface area contributed by atoms with Gasteiger partial charge in [-0.15, -0.1) is 0 Å². The van der Waals surface area contributed by atoms with Crippen molar-refractivity contribution in [1.29, 1.82) is 0 Å². The molecule has 1 fully saturated rings. The molecule has 2 rings (SSSR count). The zero-order chi connectivity index (χ0) is 7.90. The number of carbonyl (C=O) groups excluding carboxylic acids is 1. The third kappa shape index (κ3) is 0.721. The summed E-state index contributed by atoms with van der Waals surface area (Å²) >= 11 is 0. The molecule has 0 saturated carbocycles. The van der Waals surface area contributed by atoms with Crippen molar-refractivity contribution in [2.45, 2.75) is 18.9 Å². The molecule has 11 heavy (non-hydrogen) atoms. The average molecular weight is 154 g/mol. The van der Waals surface area contributed by atoms with Crippen LogP contribution in [0.15, 0.2) is 10.2 Å². The lowest BCUT2D eigenvalue weighted by Crippen LogP contribution is -2.37.